The predicted octanol–water partition coefficient (Wildman–Crippen LogP) is 6.30. The van der Waals surface area contributed by atoms with Gasteiger partial charge in [-0.3, -0.25) is 14.5 Å². The number of carbonyl (C=O) groups is 3. The van der Waals surface area contributed by atoms with E-state index in [2.05, 4.69) is 18.8 Å². The lowest BCUT2D eigenvalue weighted by Crippen LogP contribution is -2.29. The van der Waals surface area contributed by atoms with Gasteiger partial charge in [0, 0.05) is 5.56 Å². The maximum atomic E-state index is 13.7. The van der Waals surface area contributed by atoms with Crippen LogP contribution in [0.15, 0.2) is 42.0 Å². The zero-order chi connectivity index (χ0) is 30.7. The van der Waals surface area contributed by atoms with Crippen LogP contribution in [0.5, 0.6) is 11.5 Å². The third-order valence-electron chi connectivity index (χ3n) is 7.00. The largest absolute Gasteiger partial charge is 0.507 e. The Morgan fingerprint density at radius 1 is 1.10 bits per heavy atom. The first-order chi connectivity index (χ1) is 20.0. The first-order valence-corrected chi connectivity index (χ1v) is 14.6. The Kier molecular flexibility index (Phi) is 9.36. The number of Topliss-reactive ketones (excluding diaryl/α,β-unsaturated/α-hetero) is 1. The second kappa shape index (κ2) is 12.8. The number of anilines is 1. The number of aromatic nitrogens is 1. The average Bonchev–Trinajstić information content (AvgIpc) is 3.46. The Bertz CT molecular complexity index is 1560. The Labute approximate surface area is 249 Å². The van der Waals surface area contributed by atoms with E-state index < -0.39 is 23.7 Å². The molecule has 1 aromatic heterocycles. The molecule has 1 saturated heterocycles. The van der Waals surface area contributed by atoms with Crippen molar-refractivity contribution in [3.8, 4) is 11.5 Å². The van der Waals surface area contributed by atoms with Gasteiger partial charge >= 0.3 is 11.9 Å². The highest BCUT2D eigenvalue weighted by molar-refractivity contribution is 7.17. The fourth-order valence-electron chi connectivity index (χ4n) is 4.73. The minimum Gasteiger partial charge on any atom is -0.507 e. The van der Waals surface area contributed by atoms with Crippen molar-refractivity contribution in [1.29, 1.82) is 0 Å². The summed E-state index contributed by atoms with van der Waals surface area (Å²) in [5.74, 6) is -1.20. The van der Waals surface area contributed by atoms with Crippen molar-refractivity contribution in [1.82, 2.24) is 4.98 Å². The van der Waals surface area contributed by atoms with Crippen molar-refractivity contribution in [3.63, 3.8) is 0 Å². The Morgan fingerprint density at radius 2 is 1.83 bits per heavy atom. The molecule has 1 atom stereocenters. The van der Waals surface area contributed by atoms with Gasteiger partial charge in [0.1, 0.15) is 10.6 Å². The number of nitrogens with zero attached hydrogens (tertiary/aromatic N) is 2. The molecule has 1 fully saturated rings. The van der Waals surface area contributed by atoms with Gasteiger partial charge in [-0.05, 0) is 69.4 Å². The van der Waals surface area contributed by atoms with E-state index in [0.717, 1.165) is 28.9 Å². The SMILES string of the molecule is CCOC(=O)c1sc(N2C(=O)C(=O)C(=C(O)c3cc(C)ccc3C)C2c2ccc(OCCC(C)C)c(OC)c2)nc1C. The van der Waals surface area contributed by atoms with E-state index in [0.29, 0.717) is 40.8 Å². The van der Waals surface area contributed by atoms with Crippen LogP contribution in [-0.2, 0) is 14.3 Å². The molecule has 1 aliphatic heterocycles. The lowest BCUT2D eigenvalue weighted by molar-refractivity contribution is -0.132. The molecule has 2 aromatic carbocycles. The lowest BCUT2D eigenvalue weighted by atomic mass is 9.93. The first-order valence-electron chi connectivity index (χ1n) is 13.8. The van der Waals surface area contributed by atoms with E-state index in [1.165, 1.54) is 12.0 Å². The van der Waals surface area contributed by atoms with Crippen molar-refractivity contribution in [2.75, 3.05) is 25.2 Å². The molecule has 222 valence electrons. The number of ether oxygens (including phenoxy) is 3. The maximum Gasteiger partial charge on any atom is 0.350 e. The number of ketones is 1. The zero-order valence-corrected chi connectivity index (χ0v) is 25.8. The van der Waals surface area contributed by atoms with Crippen LogP contribution in [-0.4, -0.2) is 48.1 Å². The summed E-state index contributed by atoms with van der Waals surface area (Å²) in [7, 11) is 1.51. The van der Waals surface area contributed by atoms with Crippen LogP contribution in [0.25, 0.3) is 5.76 Å². The van der Waals surface area contributed by atoms with E-state index in [4.69, 9.17) is 14.2 Å². The molecule has 4 rings (SSSR count). The number of aliphatic hydroxyl groups excluding tert-OH is 1. The highest BCUT2D eigenvalue weighted by Gasteiger charge is 2.48. The van der Waals surface area contributed by atoms with Crippen LogP contribution in [0.4, 0.5) is 5.13 Å². The lowest BCUT2D eigenvalue weighted by Gasteiger charge is -2.24. The fraction of sp³-hybridized carbons (Fsp3) is 0.375. The second-order valence-corrected chi connectivity index (χ2v) is 11.5. The van der Waals surface area contributed by atoms with Gasteiger partial charge in [-0.25, -0.2) is 9.78 Å². The Hall–Kier alpha value is -4.18. The monoisotopic (exact) mass is 592 g/mol. The highest BCUT2D eigenvalue weighted by atomic mass is 32.1. The maximum absolute atomic E-state index is 13.7. The number of carbonyl (C=O) groups excluding carboxylic acids is 3. The topological polar surface area (TPSA) is 115 Å². The molecule has 0 bridgehead atoms. The molecule has 42 heavy (non-hydrogen) atoms. The smallest absolute Gasteiger partial charge is 0.350 e. The summed E-state index contributed by atoms with van der Waals surface area (Å²) in [6.07, 6.45) is 0.854. The van der Waals surface area contributed by atoms with Crippen molar-refractivity contribution >= 4 is 39.9 Å². The third kappa shape index (κ3) is 6.04. The fourth-order valence-corrected chi connectivity index (χ4v) is 5.72. The van der Waals surface area contributed by atoms with Gasteiger partial charge in [-0.2, -0.15) is 0 Å². The Morgan fingerprint density at radius 3 is 2.50 bits per heavy atom. The van der Waals surface area contributed by atoms with Crippen LogP contribution in [0.1, 0.15) is 70.9 Å². The molecule has 1 amide bonds. The minimum atomic E-state index is -1.05. The number of amides is 1. The summed E-state index contributed by atoms with van der Waals surface area (Å²) < 4.78 is 16.7. The van der Waals surface area contributed by atoms with E-state index in [1.807, 2.05) is 26.0 Å². The average molecular weight is 593 g/mol. The number of rotatable bonds is 10. The molecule has 0 spiro atoms. The molecule has 0 saturated carbocycles. The summed E-state index contributed by atoms with van der Waals surface area (Å²) in [6, 6.07) is 9.62. The van der Waals surface area contributed by atoms with Crippen molar-refractivity contribution in [3.05, 3.63) is 74.8 Å². The van der Waals surface area contributed by atoms with Crippen molar-refractivity contribution < 1.29 is 33.7 Å². The van der Waals surface area contributed by atoms with Gasteiger partial charge in [0.15, 0.2) is 16.6 Å². The second-order valence-electron chi connectivity index (χ2n) is 10.6. The van der Waals surface area contributed by atoms with E-state index in [-0.39, 0.29) is 27.9 Å². The molecule has 3 aromatic rings. The van der Waals surface area contributed by atoms with Gasteiger partial charge in [0.05, 0.1) is 37.6 Å². The van der Waals surface area contributed by atoms with Crippen LogP contribution in [0.3, 0.4) is 0 Å². The van der Waals surface area contributed by atoms with E-state index in [1.54, 1.807) is 38.1 Å². The van der Waals surface area contributed by atoms with Gasteiger partial charge in [0.2, 0.25) is 0 Å². The molecule has 1 unspecified atom stereocenters. The summed E-state index contributed by atoms with van der Waals surface area (Å²) in [6.45, 7) is 11.9. The quantitative estimate of drug-likeness (QED) is 0.126. The van der Waals surface area contributed by atoms with Crippen molar-refractivity contribution in [2.24, 2.45) is 5.92 Å². The number of esters is 1. The summed E-state index contributed by atoms with van der Waals surface area (Å²) in [5, 5.41) is 11.7. The number of hydrogen-bond acceptors (Lipinski definition) is 9. The number of aryl methyl sites for hydroxylation is 3. The first kappa shape index (κ1) is 30.8. The van der Waals surface area contributed by atoms with Crippen LogP contribution in [0.2, 0.25) is 0 Å². The number of thiazole rings is 1. The van der Waals surface area contributed by atoms with Gasteiger partial charge in [-0.15, -0.1) is 0 Å². The van der Waals surface area contributed by atoms with Gasteiger partial charge in [0.25, 0.3) is 5.78 Å². The number of methoxy groups -OCH3 is 1. The van der Waals surface area contributed by atoms with Crippen LogP contribution >= 0.6 is 11.3 Å². The molecular formula is C32H36N2O7S. The molecule has 9 nitrogen and oxygen atoms in total. The summed E-state index contributed by atoms with van der Waals surface area (Å²) in [5.41, 5.74) is 2.85. The highest BCUT2D eigenvalue weighted by Crippen LogP contribution is 2.46. The van der Waals surface area contributed by atoms with E-state index >= 15 is 0 Å². The van der Waals surface area contributed by atoms with Gasteiger partial charge in [-0.1, -0.05) is 48.9 Å². The summed E-state index contributed by atoms with van der Waals surface area (Å²) >= 11 is 0.958. The molecular weight excluding hydrogens is 556 g/mol. The third-order valence-corrected chi connectivity index (χ3v) is 8.14. The van der Waals surface area contributed by atoms with Crippen molar-refractivity contribution in [2.45, 2.75) is 54.0 Å². The molecule has 10 heteroatoms. The Balaban J connectivity index is 1.91. The standard InChI is InChI=1S/C32H36N2O7S/c1-8-40-31(38)29-20(6)33-32(42-29)34-26(21-11-12-23(24(16-21)39-7)41-14-13-17(2)3)25(28(36)30(34)37)27(35)22-15-18(4)9-10-19(22)5/h9-12,15-17,26,35H,8,13-14H2,1-7H3. The minimum absolute atomic E-state index is 0.0882. The number of hydrogen-bond donors (Lipinski definition) is 1. The van der Waals surface area contributed by atoms with Crippen LogP contribution in [0, 0.1) is 26.7 Å². The summed E-state index contributed by atoms with van der Waals surface area (Å²) in [4.78, 5) is 45.8. The van der Waals surface area contributed by atoms with Crippen LogP contribution < -0.4 is 14.4 Å². The molecule has 0 radical (unpaired) electrons. The normalized spacial score (nSPS) is 16.3. The number of aliphatic hydroxyl groups is 1. The van der Waals surface area contributed by atoms with E-state index in [9.17, 15) is 19.5 Å². The molecule has 0 aliphatic carbocycles. The molecule has 2 heterocycles. The molecule has 1 aliphatic rings. The molecule has 1 N–H and O–H groups in total. The predicted molar refractivity (Wildman–Crippen MR) is 161 cm³/mol. The number of benzene rings is 2. The van der Waals surface area contributed by atoms with Gasteiger partial charge < -0.3 is 19.3 Å². The zero-order valence-electron chi connectivity index (χ0n) is 24.9.